The Morgan fingerprint density at radius 3 is 2.40 bits per heavy atom. The maximum Gasteiger partial charge on any atom is 0.418 e. The Kier molecular flexibility index (Phi) is 2.94. The molecule has 1 N–H and O–H groups in total. The van der Waals surface area contributed by atoms with Crippen LogP contribution in [0, 0.1) is 6.92 Å². The molecule has 0 aromatic carbocycles. The molecule has 7 heteroatoms. The normalized spacial score (nSPS) is 14.1. The van der Waals surface area contributed by atoms with Gasteiger partial charge in [0, 0.05) is 7.05 Å². The molecule has 1 heterocycles. The van der Waals surface area contributed by atoms with E-state index >= 15 is 0 Å². The lowest BCUT2D eigenvalue weighted by Gasteiger charge is -2.15. The largest absolute Gasteiger partial charge is 0.481 e. The van der Waals surface area contributed by atoms with Crippen LogP contribution < -0.4 is 4.74 Å². The van der Waals surface area contributed by atoms with E-state index in [9.17, 15) is 13.2 Å². The van der Waals surface area contributed by atoms with E-state index in [1.807, 2.05) is 0 Å². The average molecular weight is 224 g/mol. The minimum Gasteiger partial charge on any atom is -0.481 e. The number of aromatic nitrogens is 2. The minimum absolute atomic E-state index is 0.0858. The molecular formula is C8H11F3N2O2. The number of hydrogen-bond acceptors (Lipinski definition) is 3. The van der Waals surface area contributed by atoms with Crippen LogP contribution in [0.4, 0.5) is 13.2 Å². The number of aryl methyl sites for hydroxylation is 2. The molecule has 0 aliphatic carbocycles. The molecule has 4 nitrogen and oxygen atoms in total. The number of halogens is 3. The van der Waals surface area contributed by atoms with E-state index in [4.69, 9.17) is 9.84 Å². The fraction of sp³-hybridized carbons (Fsp3) is 0.625. The third-order valence-electron chi connectivity index (χ3n) is 1.99. The highest BCUT2D eigenvalue weighted by Gasteiger charge is 2.43. The molecule has 86 valence electrons. The van der Waals surface area contributed by atoms with Crippen molar-refractivity contribution in [1.82, 2.24) is 9.78 Å². The van der Waals surface area contributed by atoms with Gasteiger partial charge in [-0.25, -0.2) is 4.68 Å². The highest BCUT2D eigenvalue weighted by Crippen LogP contribution is 2.38. The van der Waals surface area contributed by atoms with Gasteiger partial charge in [0.25, 0.3) is 0 Å². The first-order valence-corrected chi connectivity index (χ1v) is 4.11. The molecule has 1 rings (SSSR count). The lowest BCUT2D eigenvalue weighted by atomic mass is 10.1. The molecule has 0 aliphatic heterocycles. The molecule has 0 saturated carbocycles. The van der Waals surface area contributed by atoms with Crippen molar-refractivity contribution in [1.29, 1.82) is 0 Å². The van der Waals surface area contributed by atoms with Crippen LogP contribution in [-0.2, 0) is 7.05 Å². The first kappa shape index (κ1) is 11.8. The lowest BCUT2D eigenvalue weighted by Crippen LogP contribution is -2.21. The average Bonchev–Trinajstić information content (AvgIpc) is 2.37. The van der Waals surface area contributed by atoms with Crippen LogP contribution in [0.2, 0.25) is 0 Å². The highest BCUT2D eigenvalue weighted by atomic mass is 19.4. The summed E-state index contributed by atoms with van der Waals surface area (Å²) in [6.45, 7) is 1.38. The summed E-state index contributed by atoms with van der Waals surface area (Å²) in [6, 6.07) is 0. The summed E-state index contributed by atoms with van der Waals surface area (Å²) in [5, 5.41) is 12.9. The molecule has 0 amide bonds. The SMILES string of the molecule is COc1c([C@H](O)C(F)(F)F)c(C)nn1C. The van der Waals surface area contributed by atoms with E-state index in [1.54, 1.807) is 0 Å². The standard InChI is InChI=1S/C8H11F3N2O2/c1-4-5(6(14)8(9,10)11)7(15-3)13(2)12-4/h6,14H,1-3H3/t6-/m0/s1. The van der Waals surface area contributed by atoms with Gasteiger partial charge in [0.2, 0.25) is 5.88 Å². The van der Waals surface area contributed by atoms with Crippen molar-refractivity contribution in [2.24, 2.45) is 7.05 Å². The van der Waals surface area contributed by atoms with Gasteiger partial charge in [-0.05, 0) is 6.92 Å². The first-order valence-electron chi connectivity index (χ1n) is 4.11. The fourth-order valence-corrected chi connectivity index (χ4v) is 1.37. The Morgan fingerprint density at radius 2 is 2.00 bits per heavy atom. The van der Waals surface area contributed by atoms with Crippen molar-refractivity contribution in [3.63, 3.8) is 0 Å². The minimum atomic E-state index is -4.72. The smallest absolute Gasteiger partial charge is 0.418 e. The number of rotatable bonds is 2. The van der Waals surface area contributed by atoms with Crippen LogP contribution in [-0.4, -0.2) is 28.2 Å². The fourth-order valence-electron chi connectivity index (χ4n) is 1.37. The van der Waals surface area contributed by atoms with E-state index in [1.165, 1.54) is 21.1 Å². The molecule has 0 radical (unpaired) electrons. The van der Waals surface area contributed by atoms with Crippen molar-refractivity contribution in [3.8, 4) is 5.88 Å². The number of aliphatic hydroxyl groups excluding tert-OH is 1. The second-order valence-electron chi connectivity index (χ2n) is 3.08. The van der Waals surface area contributed by atoms with Gasteiger partial charge in [-0.15, -0.1) is 0 Å². The summed E-state index contributed by atoms with van der Waals surface area (Å²) in [4.78, 5) is 0. The zero-order chi connectivity index (χ0) is 11.8. The first-order chi connectivity index (χ1) is 6.79. The van der Waals surface area contributed by atoms with Gasteiger partial charge in [0.1, 0.15) is 0 Å². The summed E-state index contributed by atoms with van der Waals surface area (Å²) >= 11 is 0. The van der Waals surface area contributed by atoms with Gasteiger partial charge >= 0.3 is 6.18 Å². The summed E-state index contributed by atoms with van der Waals surface area (Å²) in [5.74, 6) is -0.0858. The molecule has 1 aromatic rings. The van der Waals surface area contributed by atoms with Crippen LogP contribution in [0.25, 0.3) is 0 Å². The van der Waals surface area contributed by atoms with E-state index in [0.29, 0.717) is 0 Å². The van der Waals surface area contributed by atoms with Crippen molar-refractivity contribution < 1.29 is 23.0 Å². The quantitative estimate of drug-likeness (QED) is 0.824. The maximum absolute atomic E-state index is 12.3. The second-order valence-corrected chi connectivity index (χ2v) is 3.08. The molecular weight excluding hydrogens is 213 g/mol. The van der Waals surface area contributed by atoms with Gasteiger partial charge in [-0.2, -0.15) is 18.3 Å². The lowest BCUT2D eigenvalue weighted by molar-refractivity contribution is -0.207. The van der Waals surface area contributed by atoms with Crippen LogP contribution in [0.15, 0.2) is 0 Å². The van der Waals surface area contributed by atoms with Crippen molar-refractivity contribution >= 4 is 0 Å². The summed E-state index contributed by atoms with van der Waals surface area (Å²) in [6.07, 6.45) is -7.29. The number of hydrogen-bond donors (Lipinski definition) is 1. The molecule has 0 spiro atoms. The summed E-state index contributed by atoms with van der Waals surface area (Å²) < 4.78 is 42.8. The van der Waals surface area contributed by atoms with Crippen LogP contribution in [0.3, 0.4) is 0 Å². The second kappa shape index (κ2) is 3.73. The van der Waals surface area contributed by atoms with Crippen LogP contribution in [0.1, 0.15) is 17.4 Å². The Bertz CT molecular complexity index is 360. The van der Waals surface area contributed by atoms with Gasteiger partial charge in [0.15, 0.2) is 6.10 Å². The van der Waals surface area contributed by atoms with E-state index in [0.717, 1.165) is 4.68 Å². The van der Waals surface area contributed by atoms with Gasteiger partial charge in [0.05, 0.1) is 18.4 Å². The molecule has 0 unspecified atom stereocenters. The highest BCUT2D eigenvalue weighted by molar-refractivity contribution is 5.33. The summed E-state index contributed by atoms with van der Waals surface area (Å²) in [7, 11) is 2.67. The Balaban J connectivity index is 3.24. The van der Waals surface area contributed by atoms with E-state index < -0.39 is 12.3 Å². The van der Waals surface area contributed by atoms with Crippen molar-refractivity contribution in [2.75, 3.05) is 7.11 Å². The molecule has 0 saturated heterocycles. The van der Waals surface area contributed by atoms with Gasteiger partial charge in [-0.1, -0.05) is 0 Å². The maximum atomic E-state index is 12.3. The van der Waals surface area contributed by atoms with Crippen LogP contribution >= 0.6 is 0 Å². The molecule has 0 fully saturated rings. The van der Waals surface area contributed by atoms with Gasteiger partial charge in [-0.3, -0.25) is 0 Å². The number of alkyl halides is 3. The molecule has 0 aliphatic rings. The van der Waals surface area contributed by atoms with Crippen LogP contribution in [0.5, 0.6) is 5.88 Å². The number of ether oxygens (including phenoxy) is 1. The monoisotopic (exact) mass is 224 g/mol. The zero-order valence-electron chi connectivity index (χ0n) is 8.46. The Hall–Kier alpha value is -1.24. The number of nitrogens with zero attached hydrogens (tertiary/aromatic N) is 2. The van der Waals surface area contributed by atoms with E-state index in [2.05, 4.69) is 5.10 Å². The van der Waals surface area contributed by atoms with E-state index in [-0.39, 0.29) is 17.1 Å². The Morgan fingerprint density at radius 1 is 1.47 bits per heavy atom. The topological polar surface area (TPSA) is 47.3 Å². The third kappa shape index (κ3) is 2.06. The predicted molar refractivity (Wildman–Crippen MR) is 45.5 cm³/mol. The molecule has 1 aromatic heterocycles. The third-order valence-corrected chi connectivity index (χ3v) is 1.99. The molecule has 1 atom stereocenters. The number of aliphatic hydroxyl groups is 1. The van der Waals surface area contributed by atoms with Crippen molar-refractivity contribution in [2.45, 2.75) is 19.2 Å². The number of methoxy groups -OCH3 is 1. The predicted octanol–water partition coefficient (Wildman–Crippen LogP) is 1.33. The van der Waals surface area contributed by atoms with Crippen molar-refractivity contribution in [3.05, 3.63) is 11.3 Å². The summed E-state index contributed by atoms with van der Waals surface area (Å²) in [5.41, 5.74) is -0.244. The Labute approximate surface area is 84.3 Å². The van der Waals surface area contributed by atoms with Gasteiger partial charge < -0.3 is 9.84 Å². The zero-order valence-corrected chi connectivity index (χ0v) is 8.46. The molecule has 15 heavy (non-hydrogen) atoms. The molecule has 0 bridgehead atoms.